The Hall–Kier alpha value is -1.64. The van der Waals surface area contributed by atoms with E-state index in [0.717, 1.165) is 37.9 Å². The maximum Gasteiger partial charge on any atom is 0.243 e. The van der Waals surface area contributed by atoms with E-state index < -0.39 is 10.0 Å². The number of rotatable bonds is 6. The number of hydrogen-bond acceptors (Lipinski definition) is 4. The summed E-state index contributed by atoms with van der Waals surface area (Å²) in [6, 6.07) is 6.93. The lowest BCUT2D eigenvalue weighted by Gasteiger charge is -2.30. The van der Waals surface area contributed by atoms with Crippen LogP contribution >= 0.6 is 0 Å². The molecule has 0 radical (unpaired) electrons. The van der Waals surface area contributed by atoms with Crippen molar-refractivity contribution in [3.8, 4) is 0 Å². The van der Waals surface area contributed by atoms with Crippen LogP contribution in [-0.2, 0) is 21.3 Å². The van der Waals surface area contributed by atoms with Gasteiger partial charge in [0.15, 0.2) is 5.96 Å². The van der Waals surface area contributed by atoms with Crippen LogP contribution < -0.4 is 11.1 Å². The highest BCUT2D eigenvalue weighted by molar-refractivity contribution is 7.89. The maximum atomic E-state index is 12.8. The van der Waals surface area contributed by atoms with Gasteiger partial charge in [-0.25, -0.2) is 13.4 Å². The Balaban J connectivity index is 1.55. The zero-order chi connectivity index (χ0) is 19.3. The van der Waals surface area contributed by atoms with Crippen LogP contribution in [0, 0.1) is 5.92 Å². The van der Waals surface area contributed by atoms with Gasteiger partial charge in [0.1, 0.15) is 0 Å². The third kappa shape index (κ3) is 5.43. The minimum Gasteiger partial charge on any atom is -0.376 e. The predicted molar refractivity (Wildman–Crippen MR) is 106 cm³/mol. The molecule has 0 amide bonds. The Morgan fingerprint density at radius 1 is 1.30 bits per heavy atom. The first-order valence-corrected chi connectivity index (χ1v) is 11.1. The minimum absolute atomic E-state index is 0.209. The molecule has 3 N–H and O–H groups in total. The molecule has 2 fully saturated rings. The molecule has 27 heavy (non-hydrogen) atoms. The largest absolute Gasteiger partial charge is 0.376 e. The summed E-state index contributed by atoms with van der Waals surface area (Å²) in [7, 11) is -3.41. The van der Waals surface area contributed by atoms with Gasteiger partial charge in [0.2, 0.25) is 10.0 Å². The number of nitrogens with one attached hydrogen (secondary N) is 1. The molecule has 2 aliphatic rings. The second kappa shape index (κ2) is 9.03. The van der Waals surface area contributed by atoms with Crippen LogP contribution in [0.25, 0.3) is 0 Å². The normalized spacial score (nSPS) is 24.9. The molecular weight excluding hydrogens is 364 g/mol. The van der Waals surface area contributed by atoms with Crippen molar-refractivity contribution in [1.82, 2.24) is 9.62 Å². The van der Waals surface area contributed by atoms with Crippen LogP contribution in [0.4, 0.5) is 0 Å². The van der Waals surface area contributed by atoms with Gasteiger partial charge in [0.25, 0.3) is 0 Å². The van der Waals surface area contributed by atoms with Gasteiger partial charge in [-0.1, -0.05) is 19.1 Å². The van der Waals surface area contributed by atoms with Gasteiger partial charge >= 0.3 is 0 Å². The highest BCUT2D eigenvalue weighted by Gasteiger charge is 2.28. The molecule has 8 heteroatoms. The highest BCUT2D eigenvalue weighted by Crippen LogP contribution is 2.23. The third-order valence-corrected chi connectivity index (χ3v) is 7.03. The smallest absolute Gasteiger partial charge is 0.243 e. The summed E-state index contributed by atoms with van der Waals surface area (Å²) in [6.07, 6.45) is 4.36. The first-order chi connectivity index (χ1) is 12.9. The van der Waals surface area contributed by atoms with E-state index in [1.54, 1.807) is 28.6 Å². The Bertz CT molecular complexity index is 743. The summed E-state index contributed by atoms with van der Waals surface area (Å²) in [5.41, 5.74) is 6.81. The average molecular weight is 395 g/mol. The summed E-state index contributed by atoms with van der Waals surface area (Å²) >= 11 is 0. The molecule has 0 aromatic heterocycles. The molecule has 2 unspecified atom stereocenters. The van der Waals surface area contributed by atoms with Gasteiger partial charge in [0, 0.05) is 26.2 Å². The molecule has 0 spiro atoms. The van der Waals surface area contributed by atoms with Crippen molar-refractivity contribution in [2.45, 2.75) is 50.2 Å². The van der Waals surface area contributed by atoms with Crippen molar-refractivity contribution < 1.29 is 13.2 Å². The number of guanidine groups is 1. The van der Waals surface area contributed by atoms with Crippen molar-refractivity contribution in [2.24, 2.45) is 16.6 Å². The van der Waals surface area contributed by atoms with Gasteiger partial charge in [-0.3, -0.25) is 0 Å². The van der Waals surface area contributed by atoms with Gasteiger partial charge in [-0.2, -0.15) is 4.31 Å². The fourth-order valence-electron chi connectivity index (χ4n) is 3.54. The summed E-state index contributed by atoms with van der Waals surface area (Å²) in [5, 5.41) is 3.08. The number of ether oxygens (including phenoxy) is 1. The number of sulfonamides is 1. The topological polar surface area (TPSA) is 97.0 Å². The van der Waals surface area contributed by atoms with Gasteiger partial charge in [0.05, 0.1) is 17.5 Å². The monoisotopic (exact) mass is 394 g/mol. The van der Waals surface area contributed by atoms with E-state index >= 15 is 0 Å². The Morgan fingerprint density at radius 3 is 2.74 bits per heavy atom. The van der Waals surface area contributed by atoms with Crippen molar-refractivity contribution in [2.75, 3.05) is 26.2 Å². The second-order valence-electron chi connectivity index (χ2n) is 7.47. The fourth-order valence-corrected chi connectivity index (χ4v) is 5.13. The number of nitrogens with two attached hydrogens (primary N) is 1. The van der Waals surface area contributed by atoms with E-state index in [1.807, 2.05) is 0 Å². The van der Waals surface area contributed by atoms with E-state index in [0.29, 0.717) is 43.0 Å². The zero-order valence-electron chi connectivity index (χ0n) is 15.9. The van der Waals surface area contributed by atoms with E-state index in [2.05, 4.69) is 17.2 Å². The molecule has 2 saturated heterocycles. The fraction of sp³-hybridized carbons (Fsp3) is 0.632. The lowest BCUT2D eigenvalue weighted by Crippen LogP contribution is -2.39. The van der Waals surface area contributed by atoms with E-state index in [-0.39, 0.29) is 6.10 Å². The second-order valence-corrected chi connectivity index (χ2v) is 9.41. The van der Waals surface area contributed by atoms with Crippen LogP contribution in [0.15, 0.2) is 34.2 Å². The molecule has 7 nitrogen and oxygen atoms in total. The van der Waals surface area contributed by atoms with Crippen molar-refractivity contribution >= 4 is 16.0 Å². The van der Waals surface area contributed by atoms with Crippen LogP contribution in [0.1, 0.15) is 38.2 Å². The van der Waals surface area contributed by atoms with Crippen LogP contribution in [-0.4, -0.2) is 51.0 Å². The molecule has 0 aliphatic carbocycles. The first-order valence-electron chi connectivity index (χ1n) is 9.69. The van der Waals surface area contributed by atoms with E-state index in [4.69, 9.17) is 10.5 Å². The Morgan fingerprint density at radius 2 is 2.07 bits per heavy atom. The SMILES string of the molecule is CC1CCCN(S(=O)(=O)c2ccc(CN=C(N)NCC3CCCO3)cc2)C1. The van der Waals surface area contributed by atoms with E-state index in [1.165, 1.54) is 0 Å². The lowest BCUT2D eigenvalue weighted by molar-refractivity contribution is 0.114. The van der Waals surface area contributed by atoms with E-state index in [9.17, 15) is 8.42 Å². The first kappa shape index (κ1) is 20.1. The average Bonchev–Trinajstić information content (AvgIpc) is 3.19. The lowest BCUT2D eigenvalue weighted by atomic mass is 10.0. The molecule has 150 valence electrons. The number of nitrogens with zero attached hydrogens (tertiary/aromatic N) is 2. The van der Waals surface area contributed by atoms with Crippen LogP contribution in [0.3, 0.4) is 0 Å². The highest BCUT2D eigenvalue weighted by atomic mass is 32.2. The summed E-state index contributed by atoms with van der Waals surface area (Å²) in [6.45, 7) is 5.19. The Labute approximate surface area is 162 Å². The van der Waals surface area contributed by atoms with Crippen molar-refractivity contribution in [3.05, 3.63) is 29.8 Å². The van der Waals surface area contributed by atoms with Gasteiger partial charge in [-0.05, 0) is 49.3 Å². The van der Waals surface area contributed by atoms with Gasteiger partial charge < -0.3 is 15.8 Å². The summed E-state index contributed by atoms with van der Waals surface area (Å²) in [4.78, 5) is 4.66. The summed E-state index contributed by atoms with van der Waals surface area (Å²) in [5.74, 6) is 0.789. The standard InChI is InChI=1S/C19H30N4O3S/c1-15-4-2-10-23(14-15)27(24,25)18-8-6-16(7-9-18)12-21-19(20)22-13-17-5-3-11-26-17/h6-9,15,17H,2-5,10-14H2,1H3,(H3,20,21,22). The molecule has 0 bridgehead atoms. The molecule has 2 heterocycles. The number of benzene rings is 1. The number of hydrogen-bond donors (Lipinski definition) is 2. The van der Waals surface area contributed by atoms with Crippen molar-refractivity contribution in [1.29, 1.82) is 0 Å². The maximum absolute atomic E-state index is 12.8. The molecule has 0 saturated carbocycles. The molecule has 1 aromatic rings. The predicted octanol–water partition coefficient (Wildman–Crippen LogP) is 1.69. The zero-order valence-corrected chi connectivity index (χ0v) is 16.7. The molecule has 1 aromatic carbocycles. The molecule has 2 aliphatic heterocycles. The molecular formula is C19H30N4O3S. The van der Waals surface area contributed by atoms with Crippen molar-refractivity contribution in [3.63, 3.8) is 0 Å². The quantitative estimate of drug-likeness (QED) is 0.565. The molecule has 2 atom stereocenters. The van der Waals surface area contributed by atoms with Gasteiger partial charge in [-0.15, -0.1) is 0 Å². The van der Waals surface area contributed by atoms with Crippen LogP contribution in [0.5, 0.6) is 0 Å². The third-order valence-electron chi connectivity index (χ3n) is 5.15. The van der Waals surface area contributed by atoms with Crippen LogP contribution in [0.2, 0.25) is 0 Å². The Kier molecular flexibility index (Phi) is 6.73. The minimum atomic E-state index is -3.41. The number of piperidine rings is 1. The molecule has 3 rings (SSSR count). The summed E-state index contributed by atoms with van der Waals surface area (Å²) < 4.78 is 32.7. The number of aliphatic imine (C=N–C) groups is 1.